The Morgan fingerprint density at radius 2 is 2.06 bits per heavy atom. The van der Waals surface area contributed by atoms with E-state index in [9.17, 15) is 14.0 Å². The van der Waals surface area contributed by atoms with E-state index in [0.29, 0.717) is 26.1 Å². The zero-order valence-corrected chi connectivity index (χ0v) is 17.0. The molecule has 10 heteroatoms. The zero-order valence-electron chi connectivity index (χ0n) is 17.0. The first-order valence-electron chi connectivity index (χ1n) is 10.1. The van der Waals surface area contributed by atoms with Gasteiger partial charge in [0.1, 0.15) is 18.0 Å². The third-order valence-electron chi connectivity index (χ3n) is 5.65. The third kappa shape index (κ3) is 3.59. The van der Waals surface area contributed by atoms with Crippen molar-refractivity contribution in [2.45, 2.75) is 26.1 Å². The van der Waals surface area contributed by atoms with Crippen molar-refractivity contribution < 1.29 is 19.1 Å². The highest BCUT2D eigenvalue weighted by atomic mass is 19.1. The molecule has 1 N–H and O–H groups in total. The molecular weight excluding hydrogens is 415 g/mol. The van der Waals surface area contributed by atoms with E-state index in [-0.39, 0.29) is 24.0 Å². The summed E-state index contributed by atoms with van der Waals surface area (Å²) in [4.78, 5) is 30.2. The largest absolute Gasteiger partial charge is 0.476 e. The fraction of sp³-hybridized carbons (Fsp3) is 0.227. The average molecular weight is 434 g/mol. The van der Waals surface area contributed by atoms with Gasteiger partial charge in [0.2, 0.25) is 5.91 Å². The number of carbonyl (C=O) groups is 2. The van der Waals surface area contributed by atoms with Crippen molar-refractivity contribution in [1.29, 1.82) is 0 Å². The van der Waals surface area contributed by atoms with Gasteiger partial charge in [-0.1, -0.05) is 17.3 Å². The van der Waals surface area contributed by atoms with E-state index in [4.69, 9.17) is 5.11 Å². The Morgan fingerprint density at radius 3 is 2.84 bits per heavy atom. The van der Waals surface area contributed by atoms with Crippen LogP contribution < -0.4 is 0 Å². The van der Waals surface area contributed by atoms with Crippen LogP contribution in [0.1, 0.15) is 27.3 Å². The maximum Gasteiger partial charge on any atom is 0.358 e. The minimum absolute atomic E-state index is 0.0992. The molecule has 0 fully saturated rings. The lowest BCUT2D eigenvalue weighted by Gasteiger charge is -2.28. The van der Waals surface area contributed by atoms with Crippen molar-refractivity contribution in [2.75, 3.05) is 6.54 Å². The monoisotopic (exact) mass is 434 g/mol. The lowest BCUT2D eigenvalue weighted by Crippen LogP contribution is -2.38. The number of carboxylic acid groups (broad SMARTS) is 1. The molecule has 1 aliphatic rings. The molecule has 0 saturated carbocycles. The Bertz CT molecular complexity index is 1340. The van der Waals surface area contributed by atoms with E-state index >= 15 is 0 Å². The molecule has 1 amide bonds. The number of carbonyl (C=O) groups excluding carboxylic acids is 1. The number of aromatic nitrogens is 5. The summed E-state index contributed by atoms with van der Waals surface area (Å²) in [5.41, 5.74) is 3.51. The van der Waals surface area contributed by atoms with Crippen molar-refractivity contribution in [3.63, 3.8) is 0 Å². The Balaban J connectivity index is 1.44. The number of rotatable bonds is 5. The highest BCUT2D eigenvalue weighted by Gasteiger charge is 2.27. The molecule has 3 aromatic heterocycles. The molecule has 1 aliphatic heterocycles. The molecule has 4 aromatic rings. The Hall–Kier alpha value is -4.08. The molecule has 0 unspecified atom stereocenters. The van der Waals surface area contributed by atoms with Crippen LogP contribution in [-0.2, 0) is 30.8 Å². The maximum absolute atomic E-state index is 13.7. The van der Waals surface area contributed by atoms with Gasteiger partial charge in [0.05, 0.1) is 12.7 Å². The van der Waals surface area contributed by atoms with E-state index in [1.807, 2.05) is 22.8 Å². The van der Waals surface area contributed by atoms with Gasteiger partial charge in [-0.05, 0) is 41.8 Å². The second-order valence-electron chi connectivity index (χ2n) is 7.69. The van der Waals surface area contributed by atoms with Crippen LogP contribution in [0.2, 0.25) is 0 Å². The van der Waals surface area contributed by atoms with Crippen molar-refractivity contribution in [1.82, 2.24) is 29.4 Å². The standard InChI is InChI=1S/C22H19FN6O3/c23-15-4-1-3-14(9-15)10-29-19-12-27(8-6-16(19)17-5-2-7-24-21(17)29)20(30)13-28-11-18(22(31)32)25-26-28/h1-5,7,9,11H,6,8,10,12-13H2,(H,31,32). The number of carboxylic acids is 1. The van der Waals surface area contributed by atoms with Gasteiger partial charge in [0.15, 0.2) is 5.69 Å². The smallest absolute Gasteiger partial charge is 0.358 e. The van der Waals surface area contributed by atoms with Gasteiger partial charge < -0.3 is 14.6 Å². The molecule has 4 heterocycles. The number of nitrogens with zero attached hydrogens (tertiary/aromatic N) is 6. The second-order valence-corrected chi connectivity index (χ2v) is 7.69. The minimum Gasteiger partial charge on any atom is -0.476 e. The molecule has 0 saturated heterocycles. The number of amides is 1. The van der Waals surface area contributed by atoms with Gasteiger partial charge in [-0.15, -0.1) is 5.10 Å². The Kier molecular flexibility index (Phi) is 4.89. The van der Waals surface area contributed by atoms with Crippen molar-refractivity contribution in [2.24, 2.45) is 0 Å². The summed E-state index contributed by atoms with van der Waals surface area (Å²) in [5.74, 6) is -1.68. The molecule has 1 aromatic carbocycles. The summed E-state index contributed by atoms with van der Waals surface area (Å²) in [7, 11) is 0. The maximum atomic E-state index is 13.7. The Labute approximate surface area is 181 Å². The van der Waals surface area contributed by atoms with Gasteiger partial charge in [-0.3, -0.25) is 4.79 Å². The second kappa shape index (κ2) is 7.88. The van der Waals surface area contributed by atoms with Crippen molar-refractivity contribution in [3.8, 4) is 0 Å². The SMILES string of the molecule is O=C(O)c1cn(CC(=O)N2CCc3c(n(Cc4cccc(F)c4)c4ncccc34)C2)nn1. The molecule has 9 nitrogen and oxygen atoms in total. The first kappa shape index (κ1) is 19.9. The van der Waals surface area contributed by atoms with Crippen LogP contribution in [0.3, 0.4) is 0 Å². The minimum atomic E-state index is -1.19. The molecule has 162 valence electrons. The van der Waals surface area contributed by atoms with Crippen LogP contribution in [-0.4, -0.2) is 53.0 Å². The van der Waals surface area contributed by atoms with Gasteiger partial charge in [0.25, 0.3) is 0 Å². The summed E-state index contributed by atoms with van der Waals surface area (Å²) in [6, 6.07) is 10.3. The van der Waals surface area contributed by atoms with Crippen molar-refractivity contribution >= 4 is 22.9 Å². The normalized spacial score (nSPS) is 13.3. The van der Waals surface area contributed by atoms with E-state index in [1.165, 1.54) is 23.0 Å². The number of halogens is 1. The summed E-state index contributed by atoms with van der Waals surface area (Å²) >= 11 is 0. The summed E-state index contributed by atoms with van der Waals surface area (Å²) in [6.07, 6.45) is 3.63. The molecular formula is C22H19FN6O3. The predicted octanol–water partition coefficient (Wildman–Crippen LogP) is 2.10. The molecule has 0 spiro atoms. The van der Waals surface area contributed by atoms with E-state index in [1.54, 1.807) is 17.2 Å². The first-order valence-corrected chi connectivity index (χ1v) is 10.1. The predicted molar refractivity (Wildman–Crippen MR) is 111 cm³/mol. The number of fused-ring (bicyclic) bond motifs is 3. The van der Waals surface area contributed by atoms with Crippen LogP contribution in [0, 0.1) is 5.82 Å². The number of hydrogen-bond donors (Lipinski definition) is 1. The molecule has 0 radical (unpaired) electrons. The van der Waals surface area contributed by atoms with E-state index in [2.05, 4.69) is 15.3 Å². The van der Waals surface area contributed by atoms with E-state index in [0.717, 1.165) is 27.9 Å². The lowest BCUT2D eigenvalue weighted by atomic mass is 10.0. The van der Waals surface area contributed by atoms with Gasteiger partial charge in [-0.2, -0.15) is 0 Å². The molecule has 5 rings (SSSR count). The van der Waals surface area contributed by atoms with Crippen molar-refractivity contribution in [3.05, 3.63) is 77.1 Å². The Morgan fingerprint density at radius 1 is 1.19 bits per heavy atom. The zero-order chi connectivity index (χ0) is 22.2. The van der Waals surface area contributed by atoms with Crippen LogP contribution in [0.15, 0.2) is 48.8 Å². The lowest BCUT2D eigenvalue weighted by molar-refractivity contribution is -0.133. The number of aromatic carboxylic acids is 1. The molecule has 0 bridgehead atoms. The summed E-state index contributed by atoms with van der Waals surface area (Å²) < 4.78 is 17.0. The van der Waals surface area contributed by atoms with Gasteiger partial charge in [0, 0.05) is 30.4 Å². The highest BCUT2D eigenvalue weighted by molar-refractivity contribution is 5.85. The molecule has 32 heavy (non-hydrogen) atoms. The number of pyridine rings is 1. The topological polar surface area (TPSA) is 106 Å². The van der Waals surface area contributed by atoms with Crippen LogP contribution in [0.4, 0.5) is 4.39 Å². The fourth-order valence-electron chi connectivity index (χ4n) is 4.17. The van der Waals surface area contributed by atoms with E-state index < -0.39 is 5.97 Å². The quantitative estimate of drug-likeness (QED) is 0.516. The molecule has 0 aliphatic carbocycles. The van der Waals surface area contributed by atoms with Gasteiger partial charge >= 0.3 is 5.97 Å². The summed E-state index contributed by atoms with van der Waals surface area (Å²) in [6.45, 7) is 1.24. The molecule has 0 atom stereocenters. The number of hydrogen-bond acceptors (Lipinski definition) is 5. The third-order valence-corrected chi connectivity index (χ3v) is 5.65. The highest BCUT2D eigenvalue weighted by Crippen LogP contribution is 2.30. The fourth-order valence-corrected chi connectivity index (χ4v) is 4.17. The van der Waals surface area contributed by atoms with Crippen LogP contribution in [0.5, 0.6) is 0 Å². The number of benzene rings is 1. The summed E-state index contributed by atoms with van der Waals surface area (Å²) in [5, 5.41) is 17.3. The van der Waals surface area contributed by atoms with Gasteiger partial charge in [-0.25, -0.2) is 18.9 Å². The van der Waals surface area contributed by atoms with Crippen LogP contribution >= 0.6 is 0 Å². The average Bonchev–Trinajstić information content (AvgIpc) is 3.37. The first-order chi connectivity index (χ1) is 15.5. The van der Waals surface area contributed by atoms with Crippen LogP contribution in [0.25, 0.3) is 11.0 Å².